The van der Waals surface area contributed by atoms with Gasteiger partial charge in [-0.25, -0.2) is 4.98 Å². The van der Waals surface area contributed by atoms with Crippen LogP contribution in [-0.4, -0.2) is 14.5 Å². The minimum atomic E-state index is 0.701. The van der Waals surface area contributed by atoms with Crippen molar-refractivity contribution in [1.29, 1.82) is 0 Å². The lowest BCUT2D eigenvalue weighted by atomic mass is 10.3. The summed E-state index contributed by atoms with van der Waals surface area (Å²) >= 11 is 1.72. The van der Waals surface area contributed by atoms with Gasteiger partial charge in [0, 0.05) is 30.2 Å². The van der Waals surface area contributed by atoms with E-state index in [0.29, 0.717) is 6.54 Å². The molecule has 0 aliphatic rings. The van der Waals surface area contributed by atoms with Gasteiger partial charge in [-0.05, 0) is 13.8 Å². The Hall–Kier alpha value is -1.66. The number of imidazole rings is 1. The van der Waals surface area contributed by atoms with Crippen molar-refractivity contribution in [2.75, 3.05) is 0 Å². The van der Waals surface area contributed by atoms with Crippen molar-refractivity contribution in [3.05, 3.63) is 40.5 Å². The van der Waals surface area contributed by atoms with Crippen molar-refractivity contribution < 1.29 is 4.52 Å². The first-order valence-corrected chi connectivity index (χ1v) is 6.59. The molecule has 0 fully saturated rings. The molecule has 0 saturated carbocycles. The number of nitrogens with zero attached hydrogens (tertiary/aromatic N) is 3. The Morgan fingerprint density at radius 2 is 2.28 bits per heavy atom. The molecular weight excluding hydrogens is 248 g/mol. The number of rotatable bonds is 4. The van der Waals surface area contributed by atoms with E-state index in [0.717, 1.165) is 22.9 Å². The van der Waals surface area contributed by atoms with Crippen LogP contribution in [0, 0.1) is 13.8 Å². The maximum Gasteiger partial charge on any atom is 0.194 e. The van der Waals surface area contributed by atoms with Crippen molar-refractivity contribution in [2.45, 2.75) is 26.9 Å². The molecule has 6 heteroatoms. The molecule has 0 aliphatic carbocycles. The molecule has 0 radical (unpaired) electrons. The first kappa shape index (κ1) is 11.4. The predicted octanol–water partition coefficient (Wildman–Crippen LogP) is 2.29. The van der Waals surface area contributed by atoms with Crippen LogP contribution in [0.4, 0.5) is 0 Å². The molecule has 0 aromatic carbocycles. The van der Waals surface area contributed by atoms with E-state index < -0.39 is 0 Å². The Balaban J connectivity index is 1.75. The summed E-state index contributed by atoms with van der Waals surface area (Å²) in [5.41, 5.74) is 3.20. The van der Waals surface area contributed by atoms with Crippen LogP contribution >= 0.6 is 11.3 Å². The second-order valence-electron chi connectivity index (χ2n) is 4.23. The predicted molar refractivity (Wildman–Crippen MR) is 69.6 cm³/mol. The van der Waals surface area contributed by atoms with Crippen molar-refractivity contribution in [3.8, 4) is 0 Å². The molecule has 94 valence electrons. The second kappa shape index (κ2) is 4.55. The highest BCUT2D eigenvalue weighted by atomic mass is 32.1. The van der Waals surface area contributed by atoms with Gasteiger partial charge in [-0.2, -0.15) is 0 Å². The van der Waals surface area contributed by atoms with Gasteiger partial charge in [-0.1, -0.05) is 5.16 Å². The van der Waals surface area contributed by atoms with Crippen LogP contribution in [0.1, 0.15) is 22.0 Å². The Morgan fingerprint density at radius 1 is 1.39 bits per heavy atom. The summed E-state index contributed by atoms with van der Waals surface area (Å²) in [6.07, 6.45) is 3.72. The Bertz CT molecular complexity index is 653. The minimum Gasteiger partial charge on any atom is -0.364 e. The number of nitrogens with one attached hydrogen (secondary N) is 1. The highest BCUT2D eigenvalue weighted by molar-refractivity contribution is 7.17. The molecule has 0 aliphatic heterocycles. The molecule has 0 unspecified atom stereocenters. The van der Waals surface area contributed by atoms with Crippen LogP contribution < -0.4 is 5.32 Å². The molecule has 3 aromatic rings. The van der Waals surface area contributed by atoms with Gasteiger partial charge in [0.05, 0.1) is 17.1 Å². The summed E-state index contributed by atoms with van der Waals surface area (Å²) in [5.74, 6) is 0. The van der Waals surface area contributed by atoms with E-state index in [-0.39, 0.29) is 0 Å². The largest absolute Gasteiger partial charge is 0.364 e. The quantitative estimate of drug-likeness (QED) is 0.783. The second-order valence-corrected chi connectivity index (χ2v) is 5.45. The number of aryl methyl sites for hydroxylation is 2. The summed E-state index contributed by atoms with van der Waals surface area (Å²) in [6.45, 7) is 5.62. The van der Waals surface area contributed by atoms with Crippen LogP contribution in [0.5, 0.6) is 0 Å². The monoisotopic (exact) mass is 262 g/mol. The third-order valence-corrected chi connectivity index (χ3v) is 3.73. The molecule has 0 amide bonds. The van der Waals surface area contributed by atoms with Crippen LogP contribution in [0.3, 0.4) is 0 Å². The summed E-state index contributed by atoms with van der Waals surface area (Å²) in [6, 6.07) is 1.86. The molecule has 0 atom stereocenters. The zero-order valence-electron chi connectivity index (χ0n) is 10.3. The summed E-state index contributed by atoms with van der Waals surface area (Å²) < 4.78 is 6.95. The Morgan fingerprint density at radius 3 is 3.06 bits per heavy atom. The molecule has 0 saturated heterocycles. The zero-order chi connectivity index (χ0) is 12.5. The van der Waals surface area contributed by atoms with E-state index in [4.69, 9.17) is 4.52 Å². The molecule has 5 nitrogen and oxygen atoms in total. The van der Waals surface area contributed by atoms with Gasteiger partial charge >= 0.3 is 0 Å². The Labute approximate surface area is 108 Å². The van der Waals surface area contributed by atoms with E-state index in [1.165, 1.54) is 10.6 Å². The number of hydrogen-bond donors (Lipinski definition) is 1. The third kappa shape index (κ3) is 2.04. The summed E-state index contributed by atoms with van der Waals surface area (Å²) in [7, 11) is 0. The van der Waals surface area contributed by atoms with Crippen molar-refractivity contribution in [2.24, 2.45) is 0 Å². The number of aromatic nitrogens is 3. The Kier molecular flexibility index (Phi) is 2.89. The van der Waals surface area contributed by atoms with Crippen molar-refractivity contribution >= 4 is 16.3 Å². The van der Waals surface area contributed by atoms with Gasteiger partial charge in [-0.15, -0.1) is 11.3 Å². The van der Waals surface area contributed by atoms with Crippen LogP contribution in [-0.2, 0) is 13.1 Å². The summed E-state index contributed by atoms with van der Waals surface area (Å²) in [4.78, 5) is 6.89. The fourth-order valence-electron chi connectivity index (χ4n) is 1.96. The topological polar surface area (TPSA) is 55.4 Å². The van der Waals surface area contributed by atoms with Crippen LogP contribution in [0.25, 0.3) is 4.96 Å². The molecule has 3 aromatic heterocycles. The highest BCUT2D eigenvalue weighted by Crippen LogP contribution is 2.20. The zero-order valence-corrected chi connectivity index (χ0v) is 11.1. The van der Waals surface area contributed by atoms with Gasteiger partial charge in [0.1, 0.15) is 6.26 Å². The van der Waals surface area contributed by atoms with Gasteiger partial charge in [-0.3, -0.25) is 4.40 Å². The van der Waals surface area contributed by atoms with Gasteiger partial charge in [0.25, 0.3) is 0 Å². The molecule has 3 rings (SSSR count). The maximum absolute atomic E-state index is 4.79. The maximum atomic E-state index is 4.79. The van der Waals surface area contributed by atoms with E-state index in [1.54, 1.807) is 17.6 Å². The lowest BCUT2D eigenvalue weighted by Gasteiger charge is -2.02. The van der Waals surface area contributed by atoms with Crippen LogP contribution in [0.15, 0.2) is 23.0 Å². The fourth-order valence-corrected chi connectivity index (χ4v) is 2.85. The van der Waals surface area contributed by atoms with Gasteiger partial charge < -0.3 is 9.84 Å². The molecule has 0 bridgehead atoms. The number of hydrogen-bond acceptors (Lipinski definition) is 5. The fraction of sp³-hybridized carbons (Fsp3) is 0.333. The lowest BCUT2D eigenvalue weighted by molar-refractivity contribution is 0.408. The molecule has 1 N–H and O–H groups in total. The number of fused-ring (bicyclic) bond motifs is 1. The molecule has 18 heavy (non-hydrogen) atoms. The standard InChI is InChI=1S/C12H14N4OS/c1-8-7-16-11(9(2)14-12(16)18-8)6-13-5-10-3-4-17-15-10/h3-4,7,13H,5-6H2,1-2H3. The smallest absolute Gasteiger partial charge is 0.194 e. The summed E-state index contributed by atoms with van der Waals surface area (Å²) in [5, 5.41) is 7.22. The average molecular weight is 262 g/mol. The van der Waals surface area contributed by atoms with Gasteiger partial charge in [0.15, 0.2) is 4.96 Å². The first-order chi connectivity index (χ1) is 8.74. The van der Waals surface area contributed by atoms with Crippen LogP contribution in [0.2, 0.25) is 0 Å². The molecule has 3 heterocycles. The molecular formula is C12H14N4OS. The number of thiazole rings is 1. The highest BCUT2D eigenvalue weighted by Gasteiger charge is 2.10. The minimum absolute atomic E-state index is 0.701. The first-order valence-electron chi connectivity index (χ1n) is 5.78. The third-order valence-electron chi connectivity index (χ3n) is 2.83. The average Bonchev–Trinajstić information content (AvgIpc) is 2.99. The SMILES string of the molecule is Cc1cn2c(CNCc3ccon3)c(C)nc2s1. The van der Waals surface area contributed by atoms with Crippen molar-refractivity contribution in [3.63, 3.8) is 0 Å². The van der Waals surface area contributed by atoms with E-state index in [2.05, 4.69) is 33.0 Å². The molecule has 0 spiro atoms. The van der Waals surface area contributed by atoms with Crippen molar-refractivity contribution in [1.82, 2.24) is 19.9 Å². The normalized spacial score (nSPS) is 11.4. The van der Waals surface area contributed by atoms with E-state index in [9.17, 15) is 0 Å². The van der Waals surface area contributed by atoms with E-state index in [1.807, 2.05) is 13.0 Å². The lowest BCUT2D eigenvalue weighted by Crippen LogP contribution is -2.14. The van der Waals surface area contributed by atoms with E-state index >= 15 is 0 Å². The van der Waals surface area contributed by atoms with Gasteiger partial charge in [0.2, 0.25) is 0 Å².